The summed E-state index contributed by atoms with van der Waals surface area (Å²) in [7, 11) is -3.01. The molecule has 1 unspecified atom stereocenters. The molecule has 1 rings (SSSR count). The molecule has 0 heterocycles. The summed E-state index contributed by atoms with van der Waals surface area (Å²) < 4.78 is 31.4. The quantitative estimate of drug-likeness (QED) is 0.716. The molecule has 0 aromatic heterocycles. The number of aliphatic carboxylic acids is 1. The number of rotatable bonds is 7. The molecule has 0 amide bonds. The highest BCUT2D eigenvalue weighted by Gasteiger charge is 2.27. The number of carbonyl (C=O) groups is 2. The number of hydrogen-bond acceptors (Lipinski definition) is 5. The Bertz CT molecular complexity index is 701. The Morgan fingerprint density at radius 3 is 2.39 bits per heavy atom. The average Bonchev–Trinajstić information content (AvgIpc) is 2.44. The van der Waals surface area contributed by atoms with Crippen LogP contribution in [0.1, 0.15) is 30.6 Å². The molecule has 1 atom stereocenters. The molecular weight excluding hydrogens is 346 g/mol. The van der Waals surface area contributed by atoms with E-state index in [4.69, 9.17) is 16.7 Å². The van der Waals surface area contributed by atoms with Gasteiger partial charge >= 0.3 is 11.9 Å². The molecule has 23 heavy (non-hydrogen) atoms. The molecule has 7 nitrogen and oxygen atoms in total. The Kier molecular flexibility index (Phi) is 6.55. The van der Waals surface area contributed by atoms with E-state index in [-0.39, 0.29) is 27.8 Å². The maximum Gasteiger partial charge on any atom is 0.337 e. The van der Waals surface area contributed by atoms with Crippen molar-refractivity contribution in [2.24, 2.45) is 5.92 Å². The Morgan fingerprint density at radius 2 is 1.91 bits per heavy atom. The molecule has 0 radical (unpaired) electrons. The zero-order valence-electron chi connectivity index (χ0n) is 12.9. The number of esters is 1. The molecule has 9 heteroatoms. The molecule has 0 aliphatic carbocycles. The summed E-state index contributed by atoms with van der Waals surface area (Å²) in [6.45, 7) is 3.55. The van der Waals surface area contributed by atoms with Gasteiger partial charge in [-0.05, 0) is 30.5 Å². The first-order valence-electron chi connectivity index (χ1n) is 6.71. The molecule has 0 saturated heterocycles. The standard InChI is InChI=1S/C14H18ClNO6S/c1-8(2)4-12(13(17)18)16-23(20,21)11-6-9(14(19)22-3)5-10(15)7-11/h5-8,12,16H,4H2,1-3H3,(H,17,18). The van der Waals surface area contributed by atoms with Gasteiger partial charge in [-0.25, -0.2) is 13.2 Å². The van der Waals surface area contributed by atoms with Crippen LogP contribution in [-0.2, 0) is 19.6 Å². The van der Waals surface area contributed by atoms with Gasteiger partial charge < -0.3 is 9.84 Å². The van der Waals surface area contributed by atoms with E-state index in [9.17, 15) is 18.0 Å². The Hall–Kier alpha value is -1.64. The summed E-state index contributed by atoms with van der Waals surface area (Å²) in [5, 5.41) is 9.16. The molecule has 0 saturated carbocycles. The first-order valence-corrected chi connectivity index (χ1v) is 8.57. The van der Waals surface area contributed by atoms with Crippen molar-refractivity contribution in [3.63, 3.8) is 0 Å². The molecule has 1 aromatic carbocycles. The molecule has 0 fully saturated rings. The number of sulfonamides is 1. The number of hydrogen-bond donors (Lipinski definition) is 2. The second-order valence-corrected chi connectivity index (χ2v) is 7.46. The third kappa shape index (κ3) is 5.49. The fraction of sp³-hybridized carbons (Fsp3) is 0.429. The number of carboxylic acid groups (broad SMARTS) is 1. The number of nitrogens with one attached hydrogen (secondary N) is 1. The lowest BCUT2D eigenvalue weighted by atomic mass is 10.1. The van der Waals surface area contributed by atoms with E-state index < -0.39 is 28.0 Å². The van der Waals surface area contributed by atoms with Gasteiger partial charge in [0.25, 0.3) is 0 Å². The average molecular weight is 364 g/mol. The van der Waals surface area contributed by atoms with Crippen LogP contribution >= 0.6 is 11.6 Å². The molecule has 0 bridgehead atoms. The molecule has 128 valence electrons. The fourth-order valence-electron chi connectivity index (χ4n) is 1.88. The maximum atomic E-state index is 12.4. The van der Waals surface area contributed by atoms with E-state index in [1.54, 1.807) is 13.8 Å². The zero-order valence-corrected chi connectivity index (χ0v) is 14.4. The predicted octanol–water partition coefficient (Wildman–Crippen LogP) is 1.90. The second kappa shape index (κ2) is 7.76. The van der Waals surface area contributed by atoms with Gasteiger partial charge in [-0.2, -0.15) is 4.72 Å². The Morgan fingerprint density at radius 1 is 1.30 bits per heavy atom. The van der Waals surface area contributed by atoms with Gasteiger partial charge in [-0.15, -0.1) is 0 Å². The normalized spacial score (nSPS) is 12.9. The summed E-state index contributed by atoms with van der Waals surface area (Å²) in [5.74, 6) is -2.05. The van der Waals surface area contributed by atoms with E-state index in [2.05, 4.69) is 9.46 Å². The van der Waals surface area contributed by atoms with Gasteiger partial charge in [-0.1, -0.05) is 25.4 Å². The summed E-state index contributed by atoms with van der Waals surface area (Å²) in [4.78, 5) is 22.4. The van der Waals surface area contributed by atoms with Gasteiger partial charge in [0.1, 0.15) is 6.04 Å². The number of benzene rings is 1. The van der Waals surface area contributed by atoms with Crippen molar-refractivity contribution >= 4 is 33.6 Å². The molecule has 1 aromatic rings. The van der Waals surface area contributed by atoms with Gasteiger partial charge in [0.05, 0.1) is 17.6 Å². The highest BCUT2D eigenvalue weighted by molar-refractivity contribution is 7.89. The van der Waals surface area contributed by atoms with Gasteiger partial charge in [0.15, 0.2) is 0 Å². The number of methoxy groups -OCH3 is 1. The fourth-order valence-corrected chi connectivity index (χ4v) is 3.45. The highest BCUT2D eigenvalue weighted by Crippen LogP contribution is 2.20. The maximum absolute atomic E-state index is 12.4. The van der Waals surface area contributed by atoms with Crippen LogP contribution in [-0.4, -0.2) is 38.6 Å². The highest BCUT2D eigenvalue weighted by atomic mass is 35.5. The minimum absolute atomic E-state index is 0.0176. The summed E-state index contributed by atoms with van der Waals surface area (Å²) in [5.41, 5.74) is -0.0453. The lowest BCUT2D eigenvalue weighted by molar-refractivity contribution is -0.139. The van der Waals surface area contributed by atoms with Crippen molar-refractivity contribution in [3.8, 4) is 0 Å². The number of carbonyl (C=O) groups excluding carboxylic acids is 1. The van der Waals surface area contributed by atoms with Crippen molar-refractivity contribution < 1.29 is 27.9 Å². The van der Waals surface area contributed by atoms with E-state index in [1.165, 1.54) is 6.07 Å². The van der Waals surface area contributed by atoms with Crippen LogP contribution in [0.3, 0.4) is 0 Å². The monoisotopic (exact) mass is 363 g/mol. The topological polar surface area (TPSA) is 110 Å². The van der Waals surface area contributed by atoms with Crippen LogP contribution in [0, 0.1) is 5.92 Å². The molecule has 0 aliphatic rings. The number of carboxylic acids is 1. The van der Waals surface area contributed by atoms with Crippen LogP contribution < -0.4 is 4.72 Å². The summed E-state index contributed by atoms with van der Waals surface area (Å²) >= 11 is 5.82. The summed E-state index contributed by atoms with van der Waals surface area (Å²) in [6.07, 6.45) is 0.124. The van der Waals surface area contributed by atoms with Crippen molar-refractivity contribution in [1.29, 1.82) is 0 Å². The van der Waals surface area contributed by atoms with Crippen LogP contribution in [0.5, 0.6) is 0 Å². The largest absolute Gasteiger partial charge is 0.480 e. The van der Waals surface area contributed by atoms with Gasteiger partial charge in [-0.3, -0.25) is 4.79 Å². The first-order chi connectivity index (χ1) is 10.6. The Balaban J connectivity index is 3.19. The van der Waals surface area contributed by atoms with Crippen LogP contribution in [0.25, 0.3) is 0 Å². The third-order valence-corrected chi connectivity index (χ3v) is 4.57. The minimum atomic E-state index is -4.16. The van der Waals surface area contributed by atoms with Crippen LogP contribution in [0.4, 0.5) is 0 Å². The third-order valence-electron chi connectivity index (χ3n) is 2.91. The number of ether oxygens (including phenoxy) is 1. The lowest BCUT2D eigenvalue weighted by Crippen LogP contribution is -2.41. The van der Waals surface area contributed by atoms with Crippen molar-refractivity contribution in [2.75, 3.05) is 7.11 Å². The van der Waals surface area contributed by atoms with Crippen molar-refractivity contribution in [3.05, 3.63) is 28.8 Å². The van der Waals surface area contributed by atoms with Crippen LogP contribution in [0.15, 0.2) is 23.1 Å². The van der Waals surface area contributed by atoms with E-state index in [0.29, 0.717) is 0 Å². The number of halogens is 1. The van der Waals surface area contributed by atoms with Gasteiger partial charge in [0, 0.05) is 5.02 Å². The summed E-state index contributed by atoms with van der Waals surface area (Å²) in [6, 6.07) is 2.19. The van der Waals surface area contributed by atoms with Crippen molar-refractivity contribution in [2.45, 2.75) is 31.2 Å². The zero-order chi connectivity index (χ0) is 17.8. The molecule has 0 aliphatic heterocycles. The minimum Gasteiger partial charge on any atom is -0.480 e. The Labute approximate surface area is 139 Å². The second-order valence-electron chi connectivity index (χ2n) is 5.31. The van der Waals surface area contributed by atoms with E-state index >= 15 is 0 Å². The van der Waals surface area contributed by atoms with E-state index in [1.807, 2.05) is 0 Å². The van der Waals surface area contributed by atoms with Gasteiger partial charge in [0.2, 0.25) is 10.0 Å². The predicted molar refractivity (Wildman–Crippen MR) is 84.0 cm³/mol. The molecule has 2 N–H and O–H groups in total. The molecular formula is C14H18ClNO6S. The molecule has 0 spiro atoms. The lowest BCUT2D eigenvalue weighted by Gasteiger charge is -2.17. The first kappa shape index (κ1) is 19.4. The SMILES string of the molecule is COC(=O)c1cc(Cl)cc(S(=O)(=O)NC(CC(C)C)C(=O)O)c1. The van der Waals surface area contributed by atoms with Crippen LogP contribution in [0.2, 0.25) is 5.02 Å². The van der Waals surface area contributed by atoms with Crippen molar-refractivity contribution in [1.82, 2.24) is 4.72 Å². The van der Waals surface area contributed by atoms with E-state index in [0.717, 1.165) is 19.2 Å². The smallest absolute Gasteiger partial charge is 0.337 e.